The average Bonchev–Trinajstić information content (AvgIpc) is 3.45. The molecule has 0 radical (unpaired) electrons. The Bertz CT molecular complexity index is 1510. The number of alkyl halides is 5. The summed E-state index contributed by atoms with van der Waals surface area (Å²) in [6, 6.07) is 5.52. The van der Waals surface area contributed by atoms with Crippen LogP contribution in [0.2, 0.25) is 0 Å². The van der Waals surface area contributed by atoms with E-state index in [1.807, 2.05) is 0 Å². The minimum Gasteiger partial charge on any atom is -0.479 e. The summed E-state index contributed by atoms with van der Waals surface area (Å²) in [7, 11) is 1.40. The number of anilines is 1. The molecule has 2 aliphatic heterocycles. The van der Waals surface area contributed by atoms with Gasteiger partial charge >= 0.3 is 6.18 Å². The number of hydrogen-bond donors (Lipinski definition) is 1. The van der Waals surface area contributed by atoms with Crippen molar-refractivity contribution in [3.05, 3.63) is 36.3 Å². The molecule has 9 nitrogen and oxygen atoms in total. The van der Waals surface area contributed by atoms with Gasteiger partial charge in [0.2, 0.25) is 11.8 Å². The molecular weight excluding hydrogens is 513 g/mol. The Balaban J connectivity index is 1.34. The molecule has 0 bridgehead atoms. The fourth-order valence-corrected chi connectivity index (χ4v) is 5.05. The number of ether oxygens (including phenoxy) is 2. The minimum absolute atomic E-state index is 0.0221. The molecule has 6 rings (SSSR count). The van der Waals surface area contributed by atoms with Crippen LogP contribution in [0.3, 0.4) is 0 Å². The van der Waals surface area contributed by atoms with Gasteiger partial charge in [-0.15, -0.1) is 5.10 Å². The maximum absolute atomic E-state index is 14.7. The van der Waals surface area contributed by atoms with E-state index in [-0.39, 0.29) is 36.8 Å². The number of hydrogen-bond acceptors (Lipinski definition) is 7. The minimum atomic E-state index is -4.41. The van der Waals surface area contributed by atoms with E-state index in [9.17, 15) is 22.0 Å². The number of fused-ring (bicyclic) bond motifs is 2. The first kappa shape index (κ1) is 24.8. The van der Waals surface area contributed by atoms with Crippen LogP contribution in [0, 0.1) is 6.92 Å². The van der Waals surface area contributed by atoms with E-state index in [0.717, 1.165) is 4.57 Å². The lowest BCUT2D eigenvalue weighted by atomic mass is 10.1. The lowest BCUT2D eigenvalue weighted by Gasteiger charge is -2.34. The molecule has 0 amide bonds. The molecule has 2 saturated heterocycles. The topological polar surface area (TPSA) is 81.7 Å². The summed E-state index contributed by atoms with van der Waals surface area (Å²) in [5.74, 6) is -2.63. The van der Waals surface area contributed by atoms with Crippen LogP contribution in [0.5, 0.6) is 5.88 Å². The first-order valence-electron chi connectivity index (χ1n) is 12.0. The van der Waals surface area contributed by atoms with Gasteiger partial charge < -0.3 is 19.4 Å². The molecule has 1 aromatic carbocycles. The molecule has 4 aromatic rings. The number of benzene rings is 1. The van der Waals surface area contributed by atoms with Crippen LogP contribution in [0.4, 0.5) is 27.9 Å². The van der Waals surface area contributed by atoms with Gasteiger partial charge in [-0.3, -0.25) is 4.90 Å². The monoisotopic (exact) mass is 537 g/mol. The van der Waals surface area contributed by atoms with Gasteiger partial charge in [-0.1, -0.05) is 6.07 Å². The van der Waals surface area contributed by atoms with Crippen LogP contribution in [0.15, 0.2) is 30.5 Å². The van der Waals surface area contributed by atoms with Crippen LogP contribution < -0.4 is 10.1 Å². The predicted molar refractivity (Wildman–Crippen MR) is 128 cm³/mol. The first-order chi connectivity index (χ1) is 18.0. The Morgan fingerprint density at radius 2 is 1.97 bits per heavy atom. The first-order valence-corrected chi connectivity index (χ1v) is 12.0. The van der Waals surface area contributed by atoms with Gasteiger partial charge in [-0.25, -0.2) is 18.3 Å². The van der Waals surface area contributed by atoms with Crippen LogP contribution in [-0.2, 0) is 11.3 Å². The number of nitrogens with zero attached hydrogens (tertiary/aromatic N) is 6. The quantitative estimate of drug-likeness (QED) is 0.375. The SMILES string of the molecule is COc1nc(NC2CN(C3COC3)CC2(F)F)nn2ccc(-c3ccc4nc(C)n(CC(F)(F)F)c4c3)c12. The molecule has 3 aromatic heterocycles. The molecular formula is C24H24F5N7O2. The molecule has 1 unspecified atom stereocenters. The number of imidazole rings is 1. The third-order valence-corrected chi connectivity index (χ3v) is 7.04. The summed E-state index contributed by atoms with van der Waals surface area (Å²) in [5.41, 5.74) is 2.43. The Morgan fingerprint density at radius 1 is 1.18 bits per heavy atom. The molecule has 1 N–H and O–H groups in total. The molecule has 38 heavy (non-hydrogen) atoms. The lowest BCUT2D eigenvalue weighted by Crippen LogP contribution is -2.48. The van der Waals surface area contributed by atoms with Gasteiger partial charge in [0.15, 0.2) is 0 Å². The smallest absolute Gasteiger partial charge is 0.406 e. The van der Waals surface area contributed by atoms with E-state index in [1.54, 1.807) is 35.4 Å². The molecule has 202 valence electrons. The van der Waals surface area contributed by atoms with E-state index >= 15 is 0 Å². The molecule has 0 saturated carbocycles. The van der Waals surface area contributed by atoms with E-state index < -0.39 is 24.7 Å². The summed E-state index contributed by atoms with van der Waals surface area (Å²) >= 11 is 0. The van der Waals surface area contributed by atoms with Crippen molar-refractivity contribution in [1.82, 2.24) is 29.0 Å². The zero-order valence-corrected chi connectivity index (χ0v) is 20.5. The van der Waals surface area contributed by atoms with Crippen LogP contribution >= 0.6 is 0 Å². The van der Waals surface area contributed by atoms with Gasteiger partial charge in [-0.2, -0.15) is 18.2 Å². The molecule has 2 aliphatic rings. The van der Waals surface area contributed by atoms with Gasteiger partial charge in [0.05, 0.1) is 43.9 Å². The van der Waals surface area contributed by atoms with E-state index in [0.29, 0.717) is 40.9 Å². The Morgan fingerprint density at radius 3 is 2.66 bits per heavy atom. The zero-order valence-electron chi connectivity index (χ0n) is 20.5. The van der Waals surface area contributed by atoms with Crippen LogP contribution in [0.25, 0.3) is 27.7 Å². The average molecular weight is 537 g/mol. The number of methoxy groups -OCH3 is 1. The third kappa shape index (κ3) is 4.30. The van der Waals surface area contributed by atoms with E-state index in [4.69, 9.17) is 9.47 Å². The van der Waals surface area contributed by atoms with Crippen molar-refractivity contribution >= 4 is 22.5 Å². The van der Waals surface area contributed by atoms with Crippen molar-refractivity contribution < 1.29 is 31.4 Å². The van der Waals surface area contributed by atoms with Gasteiger partial charge in [0, 0.05) is 18.3 Å². The second-order valence-electron chi connectivity index (χ2n) is 9.61. The highest BCUT2D eigenvalue weighted by Gasteiger charge is 2.51. The molecule has 0 spiro atoms. The van der Waals surface area contributed by atoms with Gasteiger partial charge in [0.1, 0.15) is 23.9 Å². The zero-order chi connectivity index (χ0) is 26.8. The molecule has 2 fully saturated rings. The highest BCUT2D eigenvalue weighted by atomic mass is 19.4. The van der Waals surface area contributed by atoms with Crippen LogP contribution in [-0.4, -0.2) is 86.6 Å². The fraction of sp³-hybridized carbons (Fsp3) is 0.458. The largest absolute Gasteiger partial charge is 0.479 e. The van der Waals surface area contributed by atoms with Crippen LogP contribution in [0.1, 0.15) is 5.82 Å². The second-order valence-corrected chi connectivity index (χ2v) is 9.61. The molecule has 0 aliphatic carbocycles. The number of rotatable bonds is 6. The molecule has 5 heterocycles. The summed E-state index contributed by atoms with van der Waals surface area (Å²) in [5, 5.41) is 7.13. The van der Waals surface area contributed by atoms with Crippen molar-refractivity contribution in [3.63, 3.8) is 0 Å². The number of likely N-dealkylation sites (tertiary alicyclic amines) is 1. The van der Waals surface area contributed by atoms with Crippen molar-refractivity contribution in [1.29, 1.82) is 0 Å². The summed E-state index contributed by atoms with van der Waals surface area (Å²) in [6.07, 6.45) is -2.79. The van der Waals surface area contributed by atoms with Crippen molar-refractivity contribution in [2.75, 3.05) is 38.7 Å². The third-order valence-electron chi connectivity index (χ3n) is 7.04. The van der Waals surface area contributed by atoms with Crippen molar-refractivity contribution in [2.45, 2.75) is 37.7 Å². The van der Waals surface area contributed by atoms with E-state index in [1.165, 1.54) is 18.5 Å². The number of aryl methyl sites for hydroxylation is 1. The second kappa shape index (κ2) is 8.76. The maximum atomic E-state index is 14.7. The lowest BCUT2D eigenvalue weighted by molar-refractivity contribution is -0.140. The highest BCUT2D eigenvalue weighted by Crippen LogP contribution is 2.36. The summed E-state index contributed by atoms with van der Waals surface area (Å²) in [6.45, 7) is 0.984. The number of aromatic nitrogens is 5. The fourth-order valence-electron chi connectivity index (χ4n) is 5.05. The van der Waals surface area contributed by atoms with Crippen molar-refractivity contribution in [3.8, 4) is 17.0 Å². The number of halogens is 5. The predicted octanol–water partition coefficient (Wildman–Crippen LogP) is 3.76. The maximum Gasteiger partial charge on any atom is 0.406 e. The Labute approximate surface area is 213 Å². The standard InChI is InChI=1S/C24H24F5N7O2/c1-13-30-17-4-3-14(7-18(17)35(13)12-24(27,28)29)16-5-6-36-20(16)21(37-2)32-22(33-36)31-19-8-34(11-23(19,25)26)15-9-38-10-15/h3-7,15,19H,8-12H2,1-2H3,(H,31,33). The Hall–Kier alpha value is -3.52. The van der Waals surface area contributed by atoms with Crippen molar-refractivity contribution in [2.24, 2.45) is 0 Å². The Kier molecular flexibility index (Phi) is 5.72. The molecule has 1 atom stereocenters. The summed E-state index contributed by atoms with van der Waals surface area (Å²) in [4.78, 5) is 10.3. The highest BCUT2D eigenvalue weighted by molar-refractivity contribution is 5.89. The number of nitrogens with one attached hydrogen (secondary N) is 1. The normalized spacial score (nSPS) is 20.3. The van der Waals surface area contributed by atoms with E-state index in [2.05, 4.69) is 20.4 Å². The van der Waals surface area contributed by atoms with Gasteiger partial charge in [-0.05, 0) is 30.7 Å². The van der Waals surface area contributed by atoms with Gasteiger partial charge in [0.25, 0.3) is 5.92 Å². The molecule has 14 heteroatoms. The summed E-state index contributed by atoms with van der Waals surface area (Å²) < 4.78 is 82.2.